The summed E-state index contributed by atoms with van der Waals surface area (Å²) in [6.45, 7) is 8.02. The highest BCUT2D eigenvalue weighted by Crippen LogP contribution is 2.20. The first-order chi connectivity index (χ1) is 9.81. The fraction of sp³-hybridized carbons (Fsp3) is 0.294. The molecule has 2 aromatic carbocycles. The molecule has 0 spiro atoms. The summed E-state index contributed by atoms with van der Waals surface area (Å²) in [6, 6.07) is 10.6. The van der Waals surface area contributed by atoms with Crippen molar-refractivity contribution in [3.63, 3.8) is 0 Å². The third-order valence-corrected chi connectivity index (χ3v) is 5.13. The second-order valence-electron chi connectivity index (χ2n) is 5.32. The van der Waals surface area contributed by atoms with Gasteiger partial charge in [0, 0.05) is 0 Å². The number of hydrogen-bond acceptors (Lipinski definition) is 4. The molecular weight excluding hydrogens is 298 g/mol. The summed E-state index contributed by atoms with van der Waals surface area (Å²) >= 11 is 0. The Morgan fingerprint density at radius 3 is 2.05 bits per heavy atom. The third kappa shape index (κ3) is 3.94. The molecule has 0 aliphatic heterocycles. The van der Waals surface area contributed by atoms with Crippen molar-refractivity contribution in [3.8, 4) is 0 Å². The van der Waals surface area contributed by atoms with Gasteiger partial charge in [0.2, 0.25) is 0 Å². The second kappa shape index (κ2) is 7.05. The van der Waals surface area contributed by atoms with E-state index in [-0.39, 0.29) is 17.7 Å². The molecule has 2 aromatic rings. The zero-order valence-electron chi connectivity index (χ0n) is 13.5. The fourth-order valence-corrected chi connectivity index (χ4v) is 2.97. The second-order valence-corrected chi connectivity index (χ2v) is 6.94. The Morgan fingerprint density at radius 1 is 0.864 bits per heavy atom. The van der Waals surface area contributed by atoms with Crippen molar-refractivity contribution in [1.82, 2.24) is 6.15 Å². The number of hydrogen-bond donors (Lipinski definition) is 1. The van der Waals surface area contributed by atoms with Crippen LogP contribution in [0.5, 0.6) is 0 Å². The van der Waals surface area contributed by atoms with Crippen molar-refractivity contribution in [2.24, 2.45) is 0 Å². The quantitative estimate of drug-likeness (QED) is 0.864. The molecule has 3 N–H and O–H groups in total. The molecular formula is C17H23NO3S. The summed E-state index contributed by atoms with van der Waals surface area (Å²) in [5, 5.41) is 0. The van der Waals surface area contributed by atoms with E-state index in [4.69, 9.17) is 4.18 Å². The van der Waals surface area contributed by atoms with Crippen LogP contribution in [-0.4, -0.2) is 8.42 Å². The Bertz CT molecular complexity index is 750. The zero-order chi connectivity index (χ0) is 15.6. The molecule has 0 aromatic heterocycles. The molecule has 5 heteroatoms. The lowest BCUT2D eigenvalue weighted by Gasteiger charge is -2.12. The minimum Gasteiger partial charge on any atom is -0.344 e. The molecule has 0 amide bonds. The number of benzene rings is 2. The molecule has 0 saturated heterocycles. The van der Waals surface area contributed by atoms with Gasteiger partial charge in [0.15, 0.2) is 0 Å². The lowest BCUT2D eigenvalue weighted by Crippen LogP contribution is -2.07. The first-order valence-corrected chi connectivity index (χ1v) is 8.24. The van der Waals surface area contributed by atoms with Crippen molar-refractivity contribution in [1.29, 1.82) is 0 Å². The highest BCUT2D eigenvalue weighted by molar-refractivity contribution is 7.86. The van der Waals surface area contributed by atoms with Gasteiger partial charge in [0.05, 0.1) is 11.5 Å². The Morgan fingerprint density at radius 2 is 1.45 bits per heavy atom. The summed E-state index contributed by atoms with van der Waals surface area (Å²) in [5.41, 5.74) is 5.35. The molecule has 0 bridgehead atoms. The fourth-order valence-electron chi connectivity index (χ4n) is 2.08. The van der Waals surface area contributed by atoms with Crippen LogP contribution in [0, 0.1) is 27.7 Å². The van der Waals surface area contributed by atoms with Gasteiger partial charge in [-0.2, -0.15) is 8.42 Å². The van der Waals surface area contributed by atoms with Crippen LogP contribution in [-0.2, 0) is 20.9 Å². The van der Waals surface area contributed by atoms with Gasteiger partial charge in [-0.1, -0.05) is 29.8 Å². The van der Waals surface area contributed by atoms with Crippen molar-refractivity contribution < 1.29 is 12.6 Å². The molecule has 0 radical (unpaired) electrons. The maximum atomic E-state index is 12.2. The van der Waals surface area contributed by atoms with Crippen LogP contribution in [0.3, 0.4) is 0 Å². The van der Waals surface area contributed by atoms with Crippen molar-refractivity contribution in [3.05, 3.63) is 64.2 Å². The van der Waals surface area contributed by atoms with E-state index in [0.717, 1.165) is 16.7 Å². The average Bonchev–Trinajstić information content (AvgIpc) is 2.44. The molecule has 0 atom stereocenters. The number of rotatable bonds is 4. The molecule has 2 rings (SSSR count). The molecule has 0 unspecified atom stereocenters. The largest absolute Gasteiger partial charge is 0.344 e. The van der Waals surface area contributed by atoms with Crippen molar-refractivity contribution >= 4 is 10.1 Å². The van der Waals surface area contributed by atoms with Gasteiger partial charge in [-0.3, -0.25) is 4.18 Å². The standard InChI is InChI=1S/C17H20O3S.H3N/c1-12-5-9-17(10-6-12)21(18,19)20-11-16-8-7-13(2)14(3)15(16)4;/h5-10H,11H2,1-4H3;1H3. The SMILES string of the molecule is Cc1ccc(S(=O)(=O)OCc2ccc(C)c(C)c2C)cc1.N. The van der Waals surface area contributed by atoms with E-state index in [1.165, 1.54) is 11.1 Å². The van der Waals surface area contributed by atoms with Crippen LogP contribution in [0.2, 0.25) is 0 Å². The average molecular weight is 321 g/mol. The Labute approximate surface area is 132 Å². The monoisotopic (exact) mass is 321 g/mol. The number of aryl methyl sites for hydroxylation is 2. The summed E-state index contributed by atoms with van der Waals surface area (Å²) in [4.78, 5) is 0.189. The van der Waals surface area contributed by atoms with Crippen molar-refractivity contribution in [2.45, 2.75) is 39.2 Å². The first-order valence-electron chi connectivity index (χ1n) is 6.83. The molecule has 22 heavy (non-hydrogen) atoms. The van der Waals surface area contributed by atoms with E-state index < -0.39 is 10.1 Å². The Balaban J connectivity index is 0.00000242. The van der Waals surface area contributed by atoms with Crippen LogP contribution >= 0.6 is 0 Å². The van der Waals surface area contributed by atoms with Gasteiger partial charge >= 0.3 is 0 Å². The molecule has 0 fully saturated rings. The molecule has 0 saturated carbocycles. The van der Waals surface area contributed by atoms with E-state index in [2.05, 4.69) is 0 Å². The molecule has 120 valence electrons. The van der Waals surface area contributed by atoms with Crippen LogP contribution in [0.4, 0.5) is 0 Å². The summed E-state index contributed by atoms with van der Waals surface area (Å²) in [6.07, 6.45) is 0. The molecule has 0 aliphatic carbocycles. The van der Waals surface area contributed by atoms with Crippen LogP contribution in [0.1, 0.15) is 27.8 Å². The smallest absolute Gasteiger partial charge is 0.297 e. The van der Waals surface area contributed by atoms with Gasteiger partial charge in [0.25, 0.3) is 10.1 Å². The van der Waals surface area contributed by atoms with Crippen LogP contribution in [0.25, 0.3) is 0 Å². The van der Waals surface area contributed by atoms with Gasteiger partial charge < -0.3 is 6.15 Å². The van der Waals surface area contributed by atoms with E-state index in [1.54, 1.807) is 24.3 Å². The maximum absolute atomic E-state index is 12.2. The third-order valence-electron chi connectivity index (χ3n) is 3.85. The van der Waals surface area contributed by atoms with Gasteiger partial charge in [-0.15, -0.1) is 0 Å². The highest BCUT2D eigenvalue weighted by atomic mass is 32.2. The lowest BCUT2D eigenvalue weighted by molar-refractivity contribution is 0.307. The highest BCUT2D eigenvalue weighted by Gasteiger charge is 2.16. The summed E-state index contributed by atoms with van der Waals surface area (Å²) in [5.74, 6) is 0. The van der Waals surface area contributed by atoms with E-state index in [0.29, 0.717) is 0 Å². The lowest BCUT2D eigenvalue weighted by atomic mass is 9.99. The van der Waals surface area contributed by atoms with Crippen LogP contribution in [0.15, 0.2) is 41.3 Å². The van der Waals surface area contributed by atoms with E-state index >= 15 is 0 Å². The van der Waals surface area contributed by atoms with Gasteiger partial charge in [-0.25, -0.2) is 0 Å². The zero-order valence-corrected chi connectivity index (χ0v) is 14.3. The molecule has 0 heterocycles. The van der Waals surface area contributed by atoms with Crippen molar-refractivity contribution in [2.75, 3.05) is 0 Å². The Hall–Kier alpha value is -1.69. The van der Waals surface area contributed by atoms with Crippen LogP contribution < -0.4 is 6.15 Å². The summed E-state index contributed by atoms with van der Waals surface area (Å²) < 4.78 is 29.5. The molecule has 4 nitrogen and oxygen atoms in total. The van der Waals surface area contributed by atoms with Gasteiger partial charge in [-0.05, 0) is 62.1 Å². The minimum atomic E-state index is -3.71. The molecule has 0 aliphatic rings. The van der Waals surface area contributed by atoms with E-state index in [9.17, 15) is 8.42 Å². The predicted molar refractivity (Wildman–Crippen MR) is 88.8 cm³/mol. The topological polar surface area (TPSA) is 78.4 Å². The van der Waals surface area contributed by atoms with E-state index in [1.807, 2.05) is 39.8 Å². The minimum absolute atomic E-state index is 0. The predicted octanol–water partition coefficient (Wildman–Crippen LogP) is 3.99. The first kappa shape index (κ1) is 18.4. The Kier molecular flexibility index (Phi) is 5.88. The summed E-state index contributed by atoms with van der Waals surface area (Å²) in [7, 11) is -3.71. The van der Waals surface area contributed by atoms with Gasteiger partial charge in [0.1, 0.15) is 0 Å². The normalized spacial score (nSPS) is 11.1. The maximum Gasteiger partial charge on any atom is 0.297 e.